The minimum absolute atomic E-state index is 0.710. The molecule has 0 amide bonds. The Kier molecular flexibility index (Phi) is 2.80. The molecule has 0 bridgehead atoms. The SMILES string of the molecule is [CH]Nc1cc(OC)cc(OC)c1. The molecule has 0 spiro atoms. The molecule has 0 aliphatic carbocycles. The Labute approximate surface area is 72.3 Å². The van der Waals surface area contributed by atoms with Gasteiger partial charge in [0.2, 0.25) is 0 Å². The molecule has 0 unspecified atom stereocenters. The van der Waals surface area contributed by atoms with Gasteiger partial charge in [-0.2, -0.15) is 0 Å². The van der Waals surface area contributed by atoms with Gasteiger partial charge in [0.1, 0.15) is 11.5 Å². The van der Waals surface area contributed by atoms with Crippen LogP contribution < -0.4 is 14.8 Å². The molecule has 64 valence electrons. The molecule has 0 saturated heterocycles. The number of hydrogen-bond acceptors (Lipinski definition) is 3. The van der Waals surface area contributed by atoms with Gasteiger partial charge in [-0.15, -0.1) is 0 Å². The number of rotatable bonds is 3. The van der Waals surface area contributed by atoms with E-state index >= 15 is 0 Å². The molecule has 0 saturated carbocycles. The number of nitrogens with one attached hydrogen (secondary N) is 1. The van der Waals surface area contributed by atoms with Crippen molar-refractivity contribution in [3.8, 4) is 11.5 Å². The molecule has 3 heteroatoms. The van der Waals surface area contributed by atoms with E-state index < -0.39 is 0 Å². The van der Waals surface area contributed by atoms with E-state index in [1.165, 1.54) is 0 Å². The fraction of sp³-hybridized carbons (Fsp3) is 0.222. The second kappa shape index (κ2) is 3.85. The van der Waals surface area contributed by atoms with Crippen LogP contribution in [0.5, 0.6) is 11.5 Å². The molecule has 1 N–H and O–H groups in total. The average molecular weight is 165 g/mol. The van der Waals surface area contributed by atoms with Gasteiger partial charge in [0.05, 0.1) is 21.3 Å². The number of ether oxygens (including phenoxy) is 2. The summed E-state index contributed by atoms with van der Waals surface area (Å²) in [6, 6.07) is 5.34. The molecule has 0 heterocycles. The van der Waals surface area contributed by atoms with Crippen LogP contribution in [0.25, 0.3) is 0 Å². The molecule has 1 aromatic carbocycles. The molecule has 12 heavy (non-hydrogen) atoms. The molecule has 0 aliphatic rings. The topological polar surface area (TPSA) is 30.5 Å². The van der Waals surface area contributed by atoms with Crippen LogP contribution in [0.1, 0.15) is 0 Å². The molecule has 3 nitrogen and oxygen atoms in total. The highest BCUT2D eigenvalue weighted by Crippen LogP contribution is 2.25. The molecule has 1 aromatic rings. The lowest BCUT2D eigenvalue weighted by atomic mass is 10.3. The summed E-state index contributed by atoms with van der Waals surface area (Å²) in [6.07, 6.45) is 0. The number of hydrogen-bond donors (Lipinski definition) is 1. The van der Waals surface area contributed by atoms with Crippen molar-refractivity contribution in [1.82, 2.24) is 0 Å². The zero-order chi connectivity index (χ0) is 8.97. The average Bonchev–Trinajstić information content (AvgIpc) is 2.16. The van der Waals surface area contributed by atoms with Crippen LogP contribution in [0.2, 0.25) is 0 Å². The first kappa shape index (κ1) is 8.71. The Bertz CT molecular complexity index is 205. The first-order valence-electron chi connectivity index (χ1n) is 3.50. The van der Waals surface area contributed by atoms with E-state index in [4.69, 9.17) is 16.5 Å². The van der Waals surface area contributed by atoms with E-state index in [1.807, 2.05) is 0 Å². The molecule has 1 rings (SSSR count). The third kappa shape index (κ3) is 1.81. The third-order valence-corrected chi connectivity index (χ3v) is 1.52. The van der Waals surface area contributed by atoms with Crippen molar-refractivity contribution in [3.63, 3.8) is 0 Å². The van der Waals surface area contributed by atoms with E-state index in [2.05, 4.69) is 5.32 Å². The first-order chi connectivity index (χ1) is 5.80. The number of benzene rings is 1. The zero-order valence-electron chi connectivity index (χ0n) is 7.13. The summed E-state index contributed by atoms with van der Waals surface area (Å²) in [5.41, 5.74) is 0.756. The highest BCUT2D eigenvalue weighted by Gasteiger charge is 1.98. The van der Waals surface area contributed by atoms with E-state index in [9.17, 15) is 0 Å². The maximum atomic E-state index is 5.24. The van der Waals surface area contributed by atoms with E-state index in [-0.39, 0.29) is 0 Å². The summed E-state index contributed by atoms with van der Waals surface area (Å²) in [4.78, 5) is 0. The predicted octanol–water partition coefficient (Wildman–Crippen LogP) is 1.78. The fourth-order valence-corrected chi connectivity index (χ4v) is 0.891. The van der Waals surface area contributed by atoms with Crippen molar-refractivity contribution < 1.29 is 9.47 Å². The second-order valence-electron chi connectivity index (χ2n) is 2.25. The first-order valence-corrected chi connectivity index (χ1v) is 3.50. The van der Waals surface area contributed by atoms with Crippen LogP contribution in [0.4, 0.5) is 5.69 Å². The van der Waals surface area contributed by atoms with Crippen molar-refractivity contribution in [3.05, 3.63) is 25.2 Å². The van der Waals surface area contributed by atoms with Gasteiger partial charge in [-0.3, -0.25) is 0 Å². The molecule has 0 aliphatic heterocycles. The van der Waals surface area contributed by atoms with Gasteiger partial charge in [-0.25, -0.2) is 0 Å². The Morgan fingerprint density at radius 1 is 1.08 bits per heavy atom. The second-order valence-corrected chi connectivity index (χ2v) is 2.25. The Morgan fingerprint density at radius 2 is 1.58 bits per heavy atom. The van der Waals surface area contributed by atoms with Crippen LogP contribution >= 0.6 is 0 Å². The number of anilines is 1. The van der Waals surface area contributed by atoms with Crippen molar-refractivity contribution >= 4 is 5.69 Å². The van der Waals surface area contributed by atoms with Gasteiger partial charge in [0.25, 0.3) is 0 Å². The van der Waals surface area contributed by atoms with Crippen LogP contribution in [0, 0.1) is 7.05 Å². The van der Waals surface area contributed by atoms with Gasteiger partial charge in [-0.05, 0) is 0 Å². The summed E-state index contributed by atoms with van der Waals surface area (Å²) >= 11 is 0. The normalized spacial score (nSPS) is 9.25. The summed E-state index contributed by atoms with van der Waals surface area (Å²) in [7, 11) is 8.42. The van der Waals surface area contributed by atoms with Crippen molar-refractivity contribution in [1.29, 1.82) is 0 Å². The summed E-state index contributed by atoms with van der Waals surface area (Å²) < 4.78 is 10.0. The predicted molar refractivity (Wildman–Crippen MR) is 47.5 cm³/mol. The van der Waals surface area contributed by atoms with E-state index in [0.29, 0.717) is 11.5 Å². The van der Waals surface area contributed by atoms with Gasteiger partial charge >= 0.3 is 0 Å². The van der Waals surface area contributed by atoms with Crippen molar-refractivity contribution in [2.45, 2.75) is 0 Å². The molecule has 0 atom stereocenters. The Hall–Kier alpha value is -1.38. The lowest BCUT2D eigenvalue weighted by Gasteiger charge is -2.06. The quantitative estimate of drug-likeness (QED) is 0.692. The maximum absolute atomic E-state index is 5.24. The lowest BCUT2D eigenvalue weighted by Crippen LogP contribution is -1.90. The highest BCUT2D eigenvalue weighted by atomic mass is 16.5. The summed E-state index contributed by atoms with van der Waals surface area (Å²) in [5.74, 6) is 1.42. The minimum Gasteiger partial charge on any atom is -0.497 e. The smallest absolute Gasteiger partial charge is 0.124 e. The largest absolute Gasteiger partial charge is 0.497 e. The Morgan fingerprint density at radius 3 is 1.92 bits per heavy atom. The molecule has 2 radical (unpaired) electrons. The fourth-order valence-electron chi connectivity index (χ4n) is 0.891. The van der Waals surface area contributed by atoms with Crippen molar-refractivity contribution in [2.24, 2.45) is 0 Å². The molecular weight excluding hydrogens is 154 g/mol. The number of methoxy groups -OCH3 is 2. The molecule has 0 aromatic heterocycles. The summed E-state index contributed by atoms with van der Waals surface area (Å²) in [6.45, 7) is 0. The van der Waals surface area contributed by atoms with Crippen LogP contribution in [-0.4, -0.2) is 14.2 Å². The summed E-state index contributed by atoms with van der Waals surface area (Å²) in [5, 5.41) is 2.52. The highest BCUT2D eigenvalue weighted by molar-refractivity contribution is 5.53. The zero-order valence-corrected chi connectivity index (χ0v) is 7.13. The third-order valence-electron chi connectivity index (χ3n) is 1.52. The maximum Gasteiger partial charge on any atom is 0.124 e. The van der Waals surface area contributed by atoms with Crippen LogP contribution in [0.15, 0.2) is 18.2 Å². The van der Waals surface area contributed by atoms with Crippen LogP contribution in [0.3, 0.4) is 0 Å². The monoisotopic (exact) mass is 165 g/mol. The van der Waals surface area contributed by atoms with Gasteiger partial charge < -0.3 is 14.8 Å². The van der Waals surface area contributed by atoms with Gasteiger partial charge in [-0.1, -0.05) is 0 Å². The van der Waals surface area contributed by atoms with E-state index in [1.54, 1.807) is 32.4 Å². The van der Waals surface area contributed by atoms with Crippen molar-refractivity contribution in [2.75, 3.05) is 19.5 Å². The minimum atomic E-state index is 0.710. The van der Waals surface area contributed by atoms with E-state index in [0.717, 1.165) is 5.69 Å². The Balaban J connectivity index is 3.01. The van der Waals surface area contributed by atoms with Gasteiger partial charge in [0, 0.05) is 23.9 Å². The van der Waals surface area contributed by atoms with Crippen LogP contribution in [-0.2, 0) is 0 Å². The molecular formula is C9H11NO2. The molecule has 0 fully saturated rings. The standard InChI is InChI=1S/C9H11NO2/c1-10-7-4-8(11-2)6-9(5-7)12-3/h1,4-6,10H,2-3H3. The van der Waals surface area contributed by atoms with Gasteiger partial charge in [0.15, 0.2) is 0 Å². The lowest BCUT2D eigenvalue weighted by molar-refractivity contribution is 0.395.